The zero-order valence-electron chi connectivity index (χ0n) is 8.24. The Morgan fingerprint density at radius 3 is 2.14 bits per heavy atom. The van der Waals surface area contributed by atoms with Gasteiger partial charge in [0.2, 0.25) is 0 Å². The molecule has 0 aliphatic rings. The molecule has 1 aromatic rings. The molecule has 0 radical (unpaired) electrons. The van der Waals surface area contributed by atoms with E-state index in [1.54, 1.807) is 14.2 Å². The fourth-order valence-electron chi connectivity index (χ4n) is 1.28. The smallest absolute Gasteiger partial charge is 0.126 e. The van der Waals surface area contributed by atoms with Crippen LogP contribution in [0.4, 0.5) is 0 Å². The lowest BCUT2D eigenvalue weighted by Crippen LogP contribution is -2.12. The summed E-state index contributed by atoms with van der Waals surface area (Å²) in [6.45, 7) is 0. The van der Waals surface area contributed by atoms with Crippen molar-refractivity contribution in [1.82, 2.24) is 0 Å². The van der Waals surface area contributed by atoms with Crippen LogP contribution in [0.3, 0.4) is 0 Å². The van der Waals surface area contributed by atoms with Crippen molar-refractivity contribution in [1.29, 1.82) is 0 Å². The molecular weight excluding hydrogens is 198 g/mol. The maximum Gasteiger partial charge on any atom is 0.126 e. The highest BCUT2D eigenvalue weighted by Crippen LogP contribution is 2.28. The Morgan fingerprint density at radius 2 is 1.79 bits per heavy atom. The number of methoxy groups -OCH3 is 2. The molecule has 0 saturated heterocycles. The largest absolute Gasteiger partial charge is 0.496 e. The van der Waals surface area contributed by atoms with Crippen molar-refractivity contribution in [3.8, 4) is 11.5 Å². The van der Waals surface area contributed by atoms with Gasteiger partial charge in [-0.15, -0.1) is 0 Å². The Hall–Kier alpha value is -1.29. The first-order valence-corrected chi connectivity index (χ1v) is 4.58. The minimum atomic E-state index is 0.424. The normalized spacial score (nSPS) is 9.57. The third-order valence-corrected chi connectivity index (χ3v) is 2.03. The average Bonchev–Trinajstić information content (AvgIpc) is 2.17. The first kappa shape index (κ1) is 10.8. The van der Waals surface area contributed by atoms with E-state index in [-0.39, 0.29) is 0 Å². The van der Waals surface area contributed by atoms with Gasteiger partial charge in [-0.2, -0.15) is 0 Å². The third-order valence-electron chi connectivity index (χ3n) is 1.88. The van der Waals surface area contributed by atoms with E-state index in [4.69, 9.17) is 27.4 Å². The summed E-state index contributed by atoms with van der Waals surface area (Å²) in [4.78, 5) is 0.424. The topological polar surface area (TPSA) is 44.5 Å². The van der Waals surface area contributed by atoms with Gasteiger partial charge in [0, 0.05) is 12.0 Å². The van der Waals surface area contributed by atoms with Crippen LogP contribution in [-0.4, -0.2) is 19.2 Å². The molecule has 0 saturated carbocycles. The molecule has 0 aliphatic heterocycles. The van der Waals surface area contributed by atoms with E-state index in [2.05, 4.69) is 0 Å². The second-order valence-corrected chi connectivity index (χ2v) is 3.31. The molecule has 0 aliphatic carbocycles. The standard InChI is InChI=1S/C10H13NO2S/c1-12-8-4-3-5-9(13-2)7(8)6-10(11)14/h3-5H,6H2,1-2H3,(H2,11,14). The Morgan fingerprint density at radius 1 is 1.29 bits per heavy atom. The van der Waals surface area contributed by atoms with Crippen LogP contribution in [0, 0.1) is 0 Å². The van der Waals surface area contributed by atoms with Gasteiger partial charge in [0.1, 0.15) is 11.5 Å². The Labute approximate surface area is 88.8 Å². The lowest BCUT2D eigenvalue weighted by atomic mass is 10.1. The molecule has 2 N–H and O–H groups in total. The second kappa shape index (κ2) is 4.81. The average molecular weight is 211 g/mol. The fraction of sp³-hybridized carbons (Fsp3) is 0.300. The molecular formula is C10H13NO2S. The highest BCUT2D eigenvalue weighted by molar-refractivity contribution is 7.80. The van der Waals surface area contributed by atoms with Gasteiger partial charge in [0.25, 0.3) is 0 Å². The Balaban J connectivity index is 3.12. The first-order chi connectivity index (χ1) is 6.69. The van der Waals surface area contributed by atoms with Crippen LogP contribution >= 0.6 is 12.2 Å². The minimum absolute atomic E-state index is 0.424. The van der Waals surface area contributed by atoms with Crippen molar-refractivity contribution in [2.45, 2.75) is 6.42 Å². The summed E-state index contributed by atoms with van der Waals surface area (Å²) in [5, 5.41) is 0. The quantitative estimate of drug-likeness (QED) is 0.767. The molecule has 4 heteroatoms. The molecule has 1 aromatic carbocycles. The highest BCUT2D eigenvalue weighted by atomic mass is 32.1. The Kier molecular flexibility index (Phi) is 3.71. The second-order valence-electron chi connectivity index (χ2n) is 2.78. The molecule has 14 heavy (non-hydrogen) atoms. The summed E-state index contributed by atoms with van der Waals surface area (Å²) in [6.07, 6.45) is 0.489. The van der Waals surface area contributed by atoms with Crippen molar-refractivity contribution < 1.29 is 9.47 Å². The van der Waals surface area contributed by atoms with Gasteiger partial charge in [-0.25, -0.2) is 0 Å². The van der Waals surface area contributed by atoms with Crippen LogP contribution in [0.25, 0.3) is 0 Å². The molecule has 1 rings (SSSR count). The third kappa shape index (κ3) is 2.35. The first-order valence-electron chi connectivity index (χ1n) is 4.17. The zero-order chi connectivity index (χ0) is 10.6. The molecule has 76 valence electrons. The van der Waals surface area contributed by atoms with Gasteiger partial charge >= 0.3 is 0 Å². The molecule has 0 fully saturated rings. The number of hydrogen-bond acceptors (Lipinski definition) is 3. The number of ether oxygens (including phenoxy) is 2. The zero-order valence-corrected chi connectivity index (χ0v) is 9.06. The van der Waals surface area contributed by atoms with Crippen molar-refractivity contribution in [2.24, 2.45) is 5.73 Å². The SMILES string of the molecule is COc1cccc(OC)c1CC(N)=S. The van der Waals surface area contributed by atoms with E-state index in [1.807, 2.05) is 18.2 Å². The van der Waals surface area contributed by atoms with Crippen LogP contribution in [0.2, 0.25) is 0 Å². The van der Waals surface area contributed by atoms with Gasteiger partial charge in [-0.05, 0) is 12.1 Å². The number of hydrogen-bond donors (Lipinski definition) is 1. The highest BCUT2D eigenvalue weighted by Gasteiger charge is 2.09. The summed E-state index contributed by atoms with van der Waals surface area (Å²) in [5.41, 5.74) is 6.39. The predicted molar refractivity (Wildman–Crippen MR) is 60.0 cm³/mol. The van der Waals surface area contributed by atoms with Crippen LogP contribution in [0.15, 0.2) is 18.2 Å². The van der Waals surface area contributed by atoms with Gasteiger partial charge in [-0.3, -0.25) is 0 Å². The van der Waals surface area contributed by atoms with E-state index in [1.165, 1.54) is 0 Å². The van der Waals surface area contributed by atoms with Crippen molar-refractivity contribution >= 4 is 17.2 Å². The molecule has 0 atom stereocenters. The summed E-state index contributed by atoms with van der Waals surface area (Å²) < 4.78 is 10.4. The van der Waals surface area contributed by atoms with Crippen LogP contribution in [0.1, 0.15) is 5.56 Å². The molecule has 0 bridgehead atoms. The number of benzene rings is 1. The summed E-state index contributed by atoms with van der Waals surface area (Å²) in [6, 6.07) is 5.58. The molecule has 0 aromatic heterocycles. The summed E-state index contributed by atoms with van der Waals surface area (Å²) >= 11 is 4.86. The fourth-order valence-corrected chi connectivity index (χ4v) is 1.42. The van der Waals surface area contributed by atoms with Crippen LogP contribution in [0.5, 0.6) is 11.5 Å². The van der Waals surface area contributed by atoms with Crippen LogP contribution < -0.4 is 15.2 Å². The van der Waals surface area contributed by atoms with Gasteiger partial charge in [0.15, 0.2) is 0 Å². The number of thiocarbonyl (C=S) groups is 1. The van der Waals surface area contributed by atoms with Crippen molar-refractivity contribution in [3.05, 3.63) is 23.8 Å². The minimum Gasteiger partial charge on any atom is -0.496 e. The van der Waals surface area contributed by atoms with Gasteiger partial charge in [0.05, 0.1) is 19.2 Å². The molecule has 0 spiro atoms. The lowest BCUT2D eigenvalue weighted by molar-refractivity contribution is 0.387. The van der Waals surface area contributed by atoms with E-state index >= 15 is 0 Å². The van der Waals surface area contributed by atoms with E-state index in [0.29, 0.717) is 11.4 Å². The molecule has 3 nitrogen and oxygen atoms in total. The Bertz CT molecular complexity index is 317. The van der Waals surface area contributed by atoms with Crippen molar-refractivity contribution in [2.75, 3.05) is 14.2 Å². The number of rotatable bonds is 4. The van der Waals surface area contributed by atoms with Crippen molar-refractivity contribution in [3.63, 3.8) is 0 Å². The van der Waals surface area contributed by atoms with Gasteiger partial charge < -0.3 is 15.2 Å². The maximum atomic E-state index is 5.49. The summed E-state index contributed by atoms with van der Waals surface area (Å²) in [5.74, 6) is 1.49. The molecule has 0 amide bonds. The predicted octanol–water partition coefficient (Wildman–Crippen LogP) is 1.53. The number of nitrogens with two attached hydrogens (primary N) is 1. The molecule has 0 unspecified atom stereocenters. The van der Waals surface area contributed by atoms with E-state index < -0.39 is 0 Å². The van der Waals surface area contributed by atoms with Crippen LogP contribution in [-0.2, 0) is 6.42 Å². The lowest BCUT2D eigenvalue weighted by Gasteiger charge is -2.11. The van der Waals surface area contributed by atoms with Gasteiger partial charge in [-0.1, -0.05) is 18.3 Å². The maximum absolute atomic E-state index is 5.49. The summed E-state index contributed by atoms with van der Waals surface area (Å²) in [7, 11) is 3.22. The molecule has 0 heterocycles. The van der Waals surface area contributed by atoms with E-state index in [0.717, 1.165) is 17.1 Å². The van der Waals surface area contributed by atoms with E-state index in [9.17, 15) is 0 Å². The monoisotopic (exact) mass is 211 g/mol.